The van der Waals surface area contributed by atoms with Gasteiger partial charge in [0.15, 0.2) is 0 Å². The summed E-state index contributed by atoms with van der Waals surface area (Å²) in [6, 6.07) is 18.1. The maximum atomic E-state index is 5.26. The molecule has 3 heteroatoms. The van der Waals surface area contributed by atoms with Crippen LogP contribution in [0, 0.1) is 0 Å². The van der Waals surface area contributed by atoms with Crippen molar-refractivity contribution in [1.29, 1.82) is 0 Å². The first-order valence-corrected chi connectivity index (χ1v) is 6.11. The lowest BCUT2D eigenvalue weighted by molar-refractivity contribution is 0.414. The number of imidazole rings is 1. The first-order chi connectivity index (χ1) is 9.38. The molecule has 0 radical (unpaired) electrons. The first kappa shape index (κ1) is 11.5. The number of aromatic nitrogens is 2. The van der Waals surface area contributed by atoms with Gasteiger partial charge in [0.1, 0.15) is 11.6 Å². The minimum Gasteiger partial charge on any atom is -0.497 e. The lowest BCUT2D eigenvalue weighted by Crippen LogP contribution is -1.96. The van der Waals surface area contributed by atoms with Crippen LogP contribution in [-0.4, -0.2) is 16.7 Å². The van der Waals surface area contributed by atoms with Crippen LogP contribution in [0.5, 0.6) is 5.75 Å². The lowest BCUT2D eigenvalue weighted by Gasteiger charge is -2.09. The third-order valence-electron chi connectivity index (χ3n) is 3.00. The van der Waals surface area contributed by atoms with E-state index < -0.39 is 0 Å². The summed E-state index contributed by atoms with van der Waals surface area (Å²) in [6.07, 6.45) is 3.76. The molecule has 0 aliphatic carbocycles. The van der Waals surface area contributed by atoms with Gasteiger partial charge in [-0.25, -0.2) is 4.98 Å². The molecular formula is C16H14N2O. The van der Waals surface area contributed by atoms with Crippen molar-refractivity contribution in [2.45, 2.75) is 0 Å². The van der Waals surface area contributed by atoms with Crippen molar-refractivity contribution in [1.82, 2.24) is 9.55 Å². The summed E-state index contributed by atoms with van der Waals surface area (Å²) in [6.45, 7) is 0. The molecule has 0 saturated heterocycles. The van der Waals surface area contributed by atoms with Gasteiger partial charge in [0.05, 0.1) is 12.8 Å². The van der Waals surface area contributed by atoms with Crippen molar-refractivity contribution in [3.05, 3.63) is 67.0 Å². The molecule has 0 saturated carbocycles. The highest BCUT2D eigenvalue weighted by Gasteiger charge is 2.07. The highest BCUT2D eigenvalue weighted by atomic mass is 16.5. The number of nitrogens with zero attached hydrogens (tertiary/aromatic N) is 2. The number of benzene rings is 2. The zero-order valence-corrected chi connectivity index (χ0v) is 10.7. The molecule has 0 bridgehead atoms. The number of hydrogen-bond donors (Lipinski definition) is 0. The Morgan fingerprint density at radius 1 is 1.00 bits per heavy atom. The Morgan fingerprint density at radius 3 is 2.63 bits per heavy atom. The van der Waals surface area contributed by atoms with Crippen LogP contribution >= 0.6 is 0 Å². The number of rotatable bonds is 3. The van der Waals surface area contributed by atoms with Gasteiger partial charge in [-0.05, 0) is 12.1 Å². The third-order valence-corrected chi connectivity index (χ3v) is 3.00. The molecule has 2 aromatic carbocycles. The standard InChI is InChI=1S/C16H14N2O/c1-19-15-9-5-8-14(12-15)18-11-10-17-16(18)13-6-3-2-4-7-13/h2-12H,1H3. The summed E-state index contributed by atoms with van der Waals surface area (Å²) in [7, 11) is 1.67. The smallest absolute Gasteiger partial charge is 0.144 e. The fourth-order valence-electron chi connectivity index (χ4n) is 2.07. The minimum absolute atomic E-state index is 0.838. The molecule has 1 aromatic heterocycles. The molecule has 0 aliphatic rings. The van der Waals surface area contributed by atoms with E-state index >= 15 is 0 Å². The van der Waals surface area contributed by atoms with E-state index in [0.29, 0.717) is 0 Å². The van der Waals surface area contributed by atoms with Gasteiger partial charge >= 0.3 is 0 Å². The van der Waals surface area contributed by atoms with E-state index in [1.807, 2.05) is 54.9 Å². The maximum absolute atomic E-state index is 5.26. The van der Waals surface area contributed by atoms with Crippen LogP contribution in [0.3, 0.4) is 0 Å². The molecule has 3 nitrogen and oxygen atoms in total. The summed E-state index contributed by atoms with van der Waals surface area (Å²) >= 11 is 0. The van der Waals surface area contributed by atoms with E-state index in [1.165, 1.54) is 0 Å². The zero-order chi connectivity index (χ0) is 13.1. The van der Waals surface area contributed by atoms with E-state index in [1.54, 1.807) is 7.11 Å². The molecule has 0 aliphatic heterocycles. The van der Waals surface area contributed by atoms with Crippen molar-refractivity contribution < 1.29 is 4.74 Å². The Labute approximate surface area is 112 Å². The summed E-state index contributed by atoms with van der Waals surface area (Å²) in [5.41, 5.74) is 2.13. The molecule has 3 aromatic rings. The monoisotopic (exact) mass is 250 g/mol. The van der Waals surface area contributed by atoms with Crippen LogP contribution in [-0.2, 0) is 0 Å². The first-order valence-electron chi connectivity index (χ1n) is 6.11. The molecule has 0 N–H and O–H groups in total. The summed E-state index contributed by atoms with van der Waals surface area (Å²) in [5.74, 6) is 1.76. The van der Waals surface area contributed by atoms with Gasteiger partial charge in [0.25, 0.3) is 0 Å². The highest BCUT2D eigenvalue weighted by Crippen LogP contribution is 2.23. The molecule has 19 heavy (non-hydrogen) atoms. The van der Waals surface area contributed by atoms with Gasteiger partial charge in [-0.15, -0.1) is 0 Å². The lowest BCUT2D eigenvalue weighted by atomic mass is 10.2. The number of ether oxygens (including phenoxy) is 1. The Kier molecular flexibility index (Phi) is 3.02. The predicted molar refractivity (Wildman–Crippen MR) is 75.6 cm³/mol. The van der Waals surface area contributed by atoms with Gasteiger partial charge in [-0.3, -0.25) is 4.57 Å². The summed E-state index contributed by atoms with van der Waals surface area (Å²) in [5, 5.41) is 0. The molecule has 0 atom stereocenters. The van der Waals surface area contributed by atoms with Crippen molar-refractivity contribution in [2.75, 3.05) is 7.11 Å². The normalized spacial score (nSPS) is 10.4. The van der Waals surface area contributed by atoms with Gasteiger partial charge in [0, 0.05) is 24.0 Å². The van der Waals surface area contributed by atoms with Crippen LogP contribution < -0.4 is 4.74 Å². The van der Waals surface area contributed by atoms with Gasteiger partial charge < -0.3 is 4.74 Å². The third kappa shape index (κ3) is 2.22. The molecule has 0 fully saturated rings. The SMILES string of the molecule is COc1cccc(-n2ccnc2-c2ccccc2)c1. The van der Waals surface area contributed by atoms with Gasteiger partial charge in [0.2, 0.25) is 0 Å². The minimum atomic E-state index is 0.838. The van der Waals surface area contributed by atoms with Crippen LogP contribution in [0.25, 0.3) is 17.1 Å². The van der Waals surface area contributed by atoms with E-state index in [9.17, 15) is 0 Å². The quantitative estimate of drug-likeness (QED) is 0.710. The summed E-state index contributed by atoms with van der Waals surface area (Å²) < 4.78 is 7.32. The maximum Gasteiger partial charge on any atom is 0.144 e. The van der Waals surface area contributed by atoms with Crippen LogP contribution in [0.4, 0.5) is 0 Å². The van der Waals surface area contributed by atoms with Gasteiger partial charge in [-0.2, -0.15) is 0 Å². The fourth-order valence-corrected chi connectivity index (χ4v) is 2.07. The largest absolute Gasteiger partial charge is 0.497 e. The second-order valence-corrected chi connectivity index (χ2v) is 4.19. The molecule has 1 heterocycles. The van der Waals surface area contributed by atoms with Crippen molar-refractivity contribution >= 4 is 0 Å². The Balaban J connectivity index is 2.09. The highest BCUT2D eigenvalue weighted by molar-refractivity contribution is 5.59. The van der Waals surface area contributed by atoms with Crippen molar-refractivity contribution in [3.8, 4) is 22.8 Å². The Morgan fingerprint density at radius 2 is 1.84 bits per heavy atom. The second kappa shape index (κ2) is 4.98. The average molecular weight is 250 g/mol. The Bertz CT molecular complexity index is 674. The fraction of sp³-hybridized carbons (Fsp3) is 0.0625. The molecular weight excluding hydrogens is 236 g/mol. The zero-order valence-electron chi connectivity index (χ0n) is 10.7. The topological polar surface area (TPSA) is 27.1 Å². The Hall–Kier alpha value is -2.55. The van der Waals surface area contributed by atoms with Crippen molar-refractivity contribution in [3.63, 3.8) is 0 Å². The number of hydrogen-bond acceptors (Lipinski definition) is 2. The predicted octanol–water partition coefficient (Wildman–Crippen LogP) is 3.55. The molecule has 3 rings (SSSR count). The molecule has 94 valence electrons. The van der Waals surface area contributed by atoms with E-state index in [2.05, 4.69) is 21.7 Å². The van der Waals surface area contributed by atoms with Crippen LogP contribution in [0.2, 0.25) is 0 Å². The van der Waals surface area contributed by atoms with Crippen LogP contribution in [0.1, 0.15) is 0 Å². The van der Waals surface area contributed by atoms with E-state index in [4.69, 9.17) is 4.74 Å². The van der Waals surface area contributed by atoms with Gasteiger partial charge in [-0.1, -0.05) is 36.4 Å². The van der Waals surface area contributed by atoms with E-state index in [-0.39, 0.29) is 0 Å². The van der Waals surface area contributed by atoms with Crippen molar-refractivity contribution in [2.24, 2.45) is 0 Å². The molecule has 0 unspecified atom stereocenters. The van der Waals surface area contributed by atoms with Crippen LogP contribution in [0.15, 0.2) is 67.0 Å². The molecule has 0 spiro atoms. The number of methoxy groups -OCH3 is 1. The molecule has 0 amide bonds. The average Bonchev–Trinajstić information content (AvgIpc) is 2.98. The summed E-state index contributed by atoms with van der Waals surface area (Å²) in [4.78, 5) is 4.44. The second-order valence-electron chi connectivity index (χ2n) is 4.19. The van der Waals surface area contributed by atoms with E-state index in [0.717, 1.165) is 22.8 Å².